The molecule has 1 fully saturated rings. The van der Waals surface area contributed by atoms with Crippen LogP contribution >= 0.6 is 15.9 Å². The zero-order valence-electron chi connectivity index (χ0n) is 12.3. The van der Waals surface area contributed by atoms with E-state index in [1.807, 2.05) is 11.8 Å². The lowest BCUT2D eigenvalue weighted by atomic mass is 9.89. The fraction of sp³-hybridized carbons (Fsp3) is 0.562. The van der Waals surface area contributed by atoms with Gasteiger partial charge in [-0.1, -0.05) is 33.6 Å². The number of hydrogen-bond donors (Lipinski definition) is 0. The molecule has 0 spiro atoms. The van der Waals surface area contributed by atoms with Gasteiger partial charge in [0.15, 0.2) is 0 Å². The van der Waals surface area contributed by atoms with Crippen molar-refractivity contribution in [2.45, 2.75) is 37.1 Å². The van der Waals surface area contributed by atoms with Crippen LogP contribution in [0.1, 0.15) is 30.4 Å². The molecule has 1 aromatic rings. The van der Waals surface area contributed by atoms with E-state index in [-0.39, 0.29) is 10.7 Å². The molecule has 0 aromatic heterocycles. The summed E-state index contributed by atoms with van der Waals surface area (Å²) >= 11 is 3.44. The van der Waals surface area contributed by atoms with Crippen LogP contribution in [0, 0.1) is 6.92 Å². The molecule has 1 aromatic carbocycles. The molecule has 0 saturated carbocycles. The van der Waals surface area contributed by atoms with Crippen molar-refractivity contribution >= 4 is 27.5 Å². The average Bonchev–Trinajstić information content (AvgIpc) is 2.71. The first-order valence-corrected chi connectivity index (χ1v) is 8.17. The Bertz CT molecular complexity index is 543. The lowest BCUT2D eigenvalue weighted by Gasteiger charge is -2.36. The number of piperidine rings is 1. The van der Waals surface area contributed by atoms with Crippen LogP contribution in [0.25, 0.3) is 0 Å². The minimum atomic E-state index is -0.130. The summed E-state index contributed by atoms with van der Waals surface area (Å²) < 4.78 is 0. The predicted octanol–water partition coefficient (Wildman–Crippen LogP) is 2.91. The van der Waals surface area contributed by atoms with E-state index in [0.717, 1.165) is 25.2 Å². The molecule has 0 N–H and O–H groups in total. The van der Waals surface area contributed by atoms with Gasteiger partial charge in [0, 0.05) is 24.2 Å². The van der Waals surface area contributed by atoms with E-state index in [1.165, 1.54) is 11.1 Å². The number of likely N-dealkylation sites (tertiary alicyclic amines) is 1. The zero-order valence-corrected chi connectivity index (χ0v) is 13.9. The molecule has 0 aliphatic carbocycles. The van der Waals surface area contributed by atoms with Crippen LogP contribution in [-0.4, -0.2) is 41.8 Å². The fourth-order valence-corrected chi connectivity index (χ4v) is 3.78. The third-order valence-corrected chi connectivity index (χ3v) is 4.92. The smallest absolute Gasteiger partial charge is 0.240 e. The zero-order chi connectivity index (χ0) is 14.4. The highest BCUT2D eigenvalue weighted by Gasteiger charge is 2.44. The van der Waals surface area contributed by atoms with E-state index in [9.17, 15) is 4.79 Å². The summed E-state index contributed by atoms with van der Waals surface area (Å²) in [7, 11) is 2.17. The van der Waals surface area contributed by atoms with Gasteiger partial charge < -0.3 is 9.80 Å². The van der Waals surface area contributed by atoms with E-state index in [2.05, 4.69) is 53.0 Å². The first-order chi connectivity index (χ1) is 9.49. The highest BCUT2D eigenvalue weighted by Crippen LogP contribution is 2.45. The highest BCUT2D eigenvalue weighted by atomic mass is 79.9. The van der Waals surface area contributed by atoms with Gasteiger partial charge in [-0.3, -0.25) is 4.79 Å². The number of likely N-dealkylation sites (N-methyl/N-ethyl adjacent to an activating group) is 1. The highest BCUT2D eigenvalue weighted by molar-refractivity contribution is 9.10. The van der Waals surface area contributed by atoms with Crippen molar-refractivity contribution in [2.75, 3.05) is 25.0 Å². The van der Waals surface area contributed by atoms with Gasteiger partial charge in [-0.25, -0.2) is 0 Å². The molecule has 1 amide bonds. The molecule has 20 heavy (non-hydrogen) atoms. The number of amides is 1. The molecule has 3 nitrogen and oxygen atoms in total. The Morgan fingerprint density at radius 3 is 2.90 bits per heavy atom. The van der Waals surface area contributed by atoms with Gasteiger partial charge in [0.2, 0.25) is 5.91 Å². The molecule has 0 unspecified atom stereocenters. The SMILES string of the molecule is Cc1ccc2c(c1)[C@@H]1CN(C)CC[C@H]1N2C(=O)[C@@H](C)Br. The predicted molar refractivity (Wildman–Crippen MR) is 85.7 cm³/mol. The Kier molecular flexibility index (Phi) is 3.63. The minimum Gasteiger partial charge on any atom is -0.307 e. The number of alkyl halides is 1. The Morgan fingerprint density at radius 2 is 2.20 bits per heavy atom. The van der Waals surface area contributed by atoms with Crippen LogP contribution < -0.4 is 4.90 Å². The maximum Gasteiger partial charge on any atom is 0.240 e. The van der Waals surface area contributed by atoms with Crippen LogP contribution in [0.5, 0.6) is 0 Å². The number of nitrogens with zero attached hydrogens (tertiary/aromatic N) is 2. The Morgan fingerprint density at radius 1 is 1.45 bits per heavy atom. The van der Waals surface area contributed by atoms with E-state index in [0.29, 0.717) is 12.0 Å². The number of benzene rings is 1. The maximum atomic E-state index is 12.6. The summed E-state index contributed by atoms with van der Waals surface area (Å²) in [4.78, 5) is 16.9. The number of halogens is 1. The van der Waals surface area contributed by atoms with E-state index in [4.69, 9.17) is 0 Å². The third kappa shape index (κ3) is 2.19. The number of carbonyl (C=O) groups is 1. The van der Waals surface area contributed by atoms with E-state index < -0.39 is 0 Å². The van der Waals surface area contributed by atoms with Crippen molar-refractivity contribution in [1.29, 1.82) is 0 Å². The summed E-state index contributed by atoms with van der Waals surface area (Å²) in [6, 6.07) is 6.82. The van der Waals surface area contributed by atoms with Gasteiger partial charge in [-0.15, -0.1) is 0 Å². The Balaban J connectivity index is 2.06. The van der Waals surface area contributed by atoms with Gasteiger partial charge in [-0.05, 0) is 45.5 Å². The Labute approximate surface area is 129 Å². The van der Waals surface area contributed by atoms with Crippen LogP contribution in [-0.2, 0) is 4.79 Å². The lowest BCUT2D eigenvalue weighted by Crippen LogP contribution is -2.48. The summed E-state index contributed by atoms with van der Waals surface area (Å²) in [6.07, 6.45) is 1.06. The van der Waals surface area contributed by atoms with Crippen molar-refractivity contribution in [3.8, 4) is 0 Å². The molecule has 4 heteroatoms. The standard InChI is InChI=1S/C16H21BrN2O/c1-10-4-5-14-12(8-10)13-9-18(3)7-6-15(13)19(14)16(20)11(2)17/h4-5,8,11,13,15H,6-7,9H2,1-3H3/t11-,13+,15-/m1/s1. The van der Waals surface area contributed by atoms with Crippen molar-refractivity contribution in [1.82, 2.24) is 4.90 Å². The van der Waals surface area contributed by atoms with E-state index >= 15 is 0 Å². The summed E-state index contributed by atoms with van der Waals surface area (Å²) in [5, 5.41) is 0. The van der Waals surface area contributed by atoms with Gasteiger partial charge in [-0.2, -0.15) is 0 Å². The topological polar surface area (TPSA) is 23.6 Å². The number of anilines is 1. The lowest BCUT2D eigenvalue weighted by molar-refractivity contribution is -0.118. The largest absolute Gasteiger partial charge is 0.307 e. The summed E-state index contributed by atoms with van der Waals surface area (Å²) in [5.41, 5.74) is 3.75. The molecular weight excluding hydrogens is 316 g/mol. The minimum absolute atomic E-state index is 0.130. The molecular formula is C16H21BrN2O. The Hall–Kier alpha value is -0.870. The van der Waals surface area contributed by atoms with Crippen LogP contribution in [0.15, 0.2) is 18.2 Å². The molecule has 3 rings (SSSR count). The second kappa shape index (κ2) is 5.15. The molecule has 2 aliphatic heterocycles. The van der Waals surface area contributed by atoms with Crippen LogP contribution in [0.2, 0.25) is 0 Å². The molecule has 3 atom stereocenters. The molecule has 2 heterocycles. The number of fused-ring (bicyclic) bond motifs is 3. The normalized spacial score (nSPS) is 27.1. The fourth-order valence-electron chi connectivity index (χ4n) is 3.56. The van der Waals surface area contributed by atoms with Gasteiger partial charge in [0.1, 0.15) is 0 Å². The van der Waals surface area contributed by atoms with Gasteiger partial charge in [0.05, 0.1) is 4.83 Å². The average molecular weight is 337 g/mol. The summed E-state index contributed by atoms with van der Waals surface area (Å²) in [5.74, 6) is 0.644. The monoisotopic (exact) mass is 336 g/mol. The second-order valence-electron chi connectivity index (χ2n) is 6.11. The van der Waals surface area contributed by atoms with Crippen molar-refractivity contribution in [2.24, 2.45) is 0 Å². The number of carbonyl (C=O) groups excluding carboxylic acids is 1. The van der Waals surface area contributed by atoms with Crippen molar-refractivity contribution in [3.63, 3.8) is 0 Å². The molecule has 1 saturated heterocycles. The number of rotatable bonds is 1. The molecule has 0 radical (unpaired) electrons. The van der Waals surface area contributed by atoms with Gasteiger partial charge >= 0.3 is 0 Å². The first kappa shape index (κ1) is 14.1. The maximum absolute atomic E-state index is 12.6. The van der Waals surface area contributed by atoms with Crippen LogP contribution in [0.3, 0.4) is 0 Å². The molecule has 108 valence electrons. The third-order valence-electron chi connectivity index (χ3n) is 4.53. The number of hydrogen-bond acceptors (Lipinski definition) is 2. The van der Waals surface area contributed by atoms with Crippen molar-refractivity contribution in [3.05, 3.63) is 29.3 Å². The number of aryl methyl sites for hydroxylation is 1. The quantitative estimate of drug-likeness (QED) is 0.736. The van der Waals surface area contributed by atoms with Crippen molar-refractivity contribution < 1.29 is 4.79 Å². The molecule has 0 bridgehead atoms. The first-order valence-electron chi connectivity index (χ1n) is 7.25. The summed E-state index contributed by atoms with van der Waals surface area (Å²) in [6.45, 7) is 6.15. The van der Waals surface area contributed by atoms with Gasteiger partial charge in [0.25, 0.3) is 0 Å². The van der Waals surface area contributed by atoms with Crippen LogP contribution in [0.4, 0.5) is 5.69 Å². The second-order valence-corrected chi connectivity index (χ2v) is 7.48. The molecule has 2 aliphatic rings. The van der Waals surface area contributed by atoms with E-state index in [1.54, 1.807) is 0 Å².